The zero-order chi connectivity index (χ0) is 18.7. The molecule has 0 amide bonds. The van der Waals surface area contributed by atoms with Crippen LogP contribution < -0.4 is 4.74 Å². The highest BCUT2D eigenvalue weighted by molar-refractivity contribution is 5.45. The first kappa shape index (κ1) is 18.5. The second-order valence-electron chi connectivity index (χ2n) is 8.15. The van der Waals surface area contributed by atoms with Crippen molar-refractivity contribution in [3.05, 3.63) is 59.7 Å². The van der Waals surface area contributed by atoms with Crippen LogP contribution in [-0.4, -0.2) is 11.6 Å². The topological polar surface area (TPSA) is 46.5 Å². The Morgan fingerprint density at radius 1 is 1.04 bits per heavy atom. The molecule has 0 bridgehead atoms. The molecule has 1 N–H and O–H groups in total. The van der Waals surface area contributed by atoms with Gasteiger partial charge in [-0.2, -0.15) is 0 Å². The summed E-state index contributed by atoms with van der Waals surface area (Å²) >= 11 is 0. The predicted molar refractivity (Wildman–Crippen MR) is 104 cm³/mol. The van der Waals surface area contributed by atoms with Crippen LogP contribution in [0.5, 0.6) is 11.5 Å². The van der Waals surface area contributed by atoms with E-state index < -0.39 is 0 Å². The van der Waals surface area contributed by atoms with Gasteiger partial charge in [0.15, 0.2) is 0 Å². The van der Waals surface area contributed by atoms with Gasteiger partial charge in [0.1, 0.15) is 11.5 Å². The lowest BCUT2D eigenvalue weighted by molar-refractivity contribution is -0.120. The summed E-state index contributed by atoms with van der Waals surface area (Å²) in [6, 6.07) is 15.6. The number of benzene rings is 2. The van der Waals surface area contributed by atoms with Gasteiger partial charge in [-0.3, -0.25) is 4.79 Å². The second-order valence-corrected chi connectivity index (χ2v) is 8.15. The van der Waals surface area contributed by atoms with E-state index in [0.29, 0.717) is 35.7 Å². The van der Waals surface area contributed by atoms with Crippen LogP contribution in [0.15, 0.2) is 48.5 Å². The fourth-order valence-corrected chi connectivity index (χ4v) is 4.42. The number of phenolic OH excluding ortho intramolecular Hbond substituents is 1. The van der Waals surface area contributed by atoms with E-state index in [9.17, 15) is 9.90 Å². The summed E-state index contributed by atoms with van der Waals surface area (Å²) in [4.78, 5) is 10.5. The maximum atomic E-state index is 10.5. The van der Waals surface area contributed by atoms with Crippen LogP contribution in [-0.2, 0) is 10.2 Å². The van der Waals surface area contributed by atoms with Gasteiger partial charge in [-0.15, -0.1) is 0 Å². The van der Waals surface area contributed by atoms with Crippen LogP contribution in [0.25, 0.3) is 0 Å². The van der Waals surface area contributed by atoms with Gasteiger partial charge in [0.25, 0.3) is 6.47 Å². The molecule has 138 valence electrons. The van der Waals surface area contributed by atoms with Crippen molar-refractivity contribution in [3.8, 4) is 11.5 Å². The Hall–Kier alpha value is -2.29. The van der Waals surface area contributed by atoms with E-state index in [0.717, 1.165) is 6.42 Å². The number of hydrogen-bond acceptors (Lipinski definition) is 3. The van der Waals surface area contributed by atoms with E-state index in [1.807, 2.05) is 24.3 Å². The minimum Gasteiger partial charge on any atom is -0.508 e. The number of rotatable bonds is 5. The van der Waals surface area contributed by atoms with E-state index in [1.165, 1.54) is 24.0 Å². The van der Waals surface area contributed by atoms with E-state index in [-0.39, 0.29) is 5.41 Å². The Labute approximate surface area is 156 Å². The average molecular weight is 352 g/mol. The summed E-state index contributed by atoms with van der Waals surface area (Å²) in [6.07, 6.45) is 3.57. The molecule has 3 atom stereocenters. The molecule has 0 heterocycles. The molecular formula is C23H28O3. The van der Waals surface area contributed by atoms with Crippen molar-refractivity contribution in [3.63, 3.8) is 0 Å². The Morgan fingerprint density at radius 2 is 1.69 bits per heavy atom. The molecule has 1 aliphatic carbocycles. The highest BCUT2D eigenvalue weighted by Crippen LogP contribution is 2.48. The van der Waals surface area contributed by atoms with Gasteiger partial charge in [-0.05, 0) is 77.8 Å². The number of ether oxygens (including phenoxy) is 1. The summed E-state index contributed by atoms with van der Waals surface area (Å²) in [5, 5.41) is 9.59. The Bertz CT molecular complexity index is 731. The van der Waals surface area contributed by atoms with Crippen molar-refractivity contribution < 1.29 is 14.6 Å². The minimum absolute atomic E-state index is 0.0622. The van der Waals surface area contributed by atoms with Crippen LogP contribution in [0.1, 0.15) is 57.1 Å². The highest BCUT2D eigenvalue weighted by Gasteiger charge is 2.38. The number of carbonyl (C=O) groups excluding carboxylic acids is 1. The maximum absolute atomic E-state index is 10.5. The van der Waals surface area contributed by atoms with Crippen molar-refractivity contribution >= 4 is 6.47 Å². The minimum atomic E-state index is 0.0622. The molecule has 0 aromatic heterocycles. The molecule has 0 saturated heterocycles. The molecule has 0 aliphatic heterocycles. The summed E-state index contributed by atoms with van der Waals surface area (Å²) in [6.45, 7) is 7.44. The van der Waals surface area contributed by atoms with E-state index in [1.54, 1.807) is 12.1 Å². The quantitative estimate of drug-likeness (QED) is 0.730. The SMILES string of the molecule is CC1CCC(C(C)(C)c2ccc(O)cc2)CC1c1ccc(OC=O)cc1. The van der Waals surface area contributed by atoms with Crippen molar-refractivity contribution in [1.82, 2.24) is 0 Å². The van der Waals surface area contributed by atoms with Crippen molar-refractivity contribution in [2.45, 2.75) is 51.4 Å². The number of hydrogen-bond donors (Lipinski definition) is 1. The predicted octanol–water partition coefficient (Wildman–Crippen LogP) is 5.43. The fraction of sp³-hybridized carbons (Fsp3) is 0.435. The van der Waals surface area contributed by atoms with Gasteiger partial charge in [0.2, 0.25) is 0 Å². The monoisotopic (exact) mass is 352 g/mol. The number of carbonyl (C=O) groups is 1. The van der Waals surface area contributed by atoms with E-state index in [2.05, 4.69) is 32.9 Å². The first-order valence-electron chi connectivity index (χ1n) is 9.41. The van der Waals surface area contributed by atoms with Crippen LogP contribution in [0, 0.1) is 11.8 Å². The maximum Gasteiger partial charge on any atom is 0.298 e. The summed E-state index contributed by atoms with van der Waals surface area (Å²) < 4.78 is 4.92. The van der Waals surface area contributed by atoms with Gasteiger partial charge >= 0.3 is 0 Å². The van der Waals surface area contributed by atoms with Gasteiger partial charge in [0.05, 0.1) is 0 Å². The summed E-state index contributed by atoms with van der Waals surface area (Å²) in [5.74, 6) is 2.64. The molecule has 3 unspecified atom stereocenters. The summed E-state index contributed by atoms with van der Waals surface area (Å²) in [5.41, 5.74) is 2.66. The van der Waals surface area contributed by atoms with Crippen LogP contribution in [0.3, 0.4) is 0 Å². The van der Waals surface area contributed by atoms with E-state index in [4.69, 9.17) is 4.74 Å². The Balaban J connectivity index is 1.80. The summed E-state index contributed by atoms with van der Waals surface area (Å²) in [7, 11) is 0. The molecule has 1 aliphatic rings. The zero-order valence-electron chi connectivity index (χ0n) is 15.8. The van der Waals surface area contributed by atoms with Crippen LogP contribution in [0.4, 0.5) is 0 Å². The molecular weight excluding hydrogens is 324 g/mol. The average Bonchev–Trinajstić information content (AvgIpc) is 2.63. The third kappa shape index (κ3) is 3.77. The molecule has 0 radical (unpaired) electrons. The Morgan fingerprint density at radius 3 is 2.31 bits per heavy atom. The van der Waals surface area contributed by atoms with Crippen molar-refractivity contribution in [2.75, 3.05) is 0 Å². The first-order chi connectivity index (χ1) is 12.4. The second kappa shape index (κ2) is 7.53. The largest absolute Gasteiger partial charge is 0.508 e. The molecule has 3 heteroatoms. The lowest BCUT2D eigenvalue weighted by Gasteiger charge is -2.43. The molecule has 2 aromatic carbocycles. The first-order valence-corrected chi connectivity index (χ1v) is 9.41. The number of aromatic hydroxyl groups is 1. The fourth-order valence-electron chi connectivity index (χ4n) is 4.42. The lowest BCUT2D eigenvalue weighted by atomic mass is 9.62. The standard InChI is InChI=1S/C23H28O3/c1-16-4-7-19(23(2,3)18-8-10-20(25)11-9-18)14-22(16)17-5-12-21(13-6-17)26-15-24/h5-6,8-13,15-16,19,22,25H,4,7,14H2,1-3H3. The van der Waals surface area contributed by atoms with Crippen LogP contribution in [0.2, 0.25) is 0 Å². The van der Waals surface area contributed by atoms with Gasteiger partial charge in [-0.1, -0.05) is 45.0 Å². The third-order valence-corrected chi connectivity index (χ3v) is 6.32. The van der Waals surface area contributed by atoms with Crippen LogP contribution >= 0.6 is 0 Å². The molecule has 1 fully saturated rings. The molecule has 3 rings (SSSR count). The van der Waals surface area contributed by atoms with Gasteiger partial charge < -0.3 is 9.84 Å². The van der Waals surface area contributed by atoms with Crippen molar-refractivity contribution in [1.29, 1.82) is 0 Å². The normalized spacial score (nSPS) is 23.4. The third-order valence-electron chi connectivity index (χ3n) is 6.32. The van der Waals surface area contributed by atoms with Crippen molar-refractivity contribution in [2.24, 2.45) is 11.8 Å². The van der Waals surface area contributed by atoms with Gasteiger partial charge in [0, 0.05) is 0 Å². The van der Waals surface area contributed by atoms with Gasteiger partial charge in [-0.25, -0.2) is 0 Å². The Kier molecular flexibility index (Phi) is 5.36. The van der Waals surface area contributed by atoms with E-state index >= 15 is 0 Å². The highest BCUT2D eigenvalue weighted by atomic mass is 16.5. The zero-order valence-corrected chi connectivity index (χ0v) is 15.8. The lowest BCUT2D eigenvalue weighted by Crippen LogP contribution is -2.34. The molecule has 3 nitrogen and oxygen atoms in total. The molecule has 1 saturated carbocycles. The number of phenols is 1. The molecule has 26 heavy (non-hydrogen) atoms. The molecule has 0 spiro atoms. The smallest absolute Gasteiger partial charge is 0.298 e. The molecule has 2 aromatic rings.